The number of aromatic nitrogens is 1. The molecule has 3 heterocycles. The predicted octanol–water partition coefficient (Wildman–Crippen LogP) is 3.10. The van der Waals surface area contributed by atoms with Crippen molar-refractivity contribution < 1.29 is 14.4 Å². The topological polar surface area (TPSA) is 95.9 Å². The number of urea groups is 1. The van der Waals surface area contributed by atoms with Crippen LogP contribution in [0.1, 0.15) is 37.3 Å². The van der Waals surface area contributed by atoms with Crippen LogP contribution in [-0.4, -0.2) is 46.2 Å². The van der Waals surface area contributed by atoms with Crippen LogP contribution in [-0.2, 0) is 22.6 Å². The first-order valence-corrected chi connectivity index (χ1v) is 10.6. The Bertz CT molecular complexity index is 978. The second-order valence-electron chi connectivity index (χ2n) is 8.04. The molecule has 2 aromatic rings. The Morgan fingerprint density at radius 3 is 2.90 bits per heavy atom. The van der Waals surface area contributed by atoms with Gasteiger partial charge in [-0.25, -0.2) is 4.79 Å². The molecule has 1 spiro atoms. The molecule has 0 bridgehead atoms. The number of aryl methyl sites for hydroxylation is 1. The average molecular weight is 422 g/mol. The second kappa shape index (κ2) is 9.16. The number of rotatable bonds is 5. The fourth-order valence-electron chi connectivity index (χ4n) is 3.99. The average Bonchev–Trinajstić information content (AvgIpc) is 3.21. The van der Waals surface area contributed by atoms with Crippen molar-refractivity contribution in [2.45, 2.75) is 44.8 Å². The summed E-state index contributed by atoms with van der Waals surface area (Å²) in [4.78, 5) is 36.9. The Hall–Kier alpha value is -3.42. The van der Waals surface area contributed by atoms with Gasteiger partial charge in [0.25, 0.3) is 5.91 Å². The zero-order valence-electron chi connectivity index (χ0n) is 17.6. The van der Waals surface area contributed by atoms with Gasteiger partial charge in [-0.15, -0.1) is 0 Å². The third-order valence-corrected chi connectivity index (χ3v) is 5.69. The first kappa shape index (κ1) is 20.8. The lowest BCUT2D eigenvalue weighted by Gasteiger charge is -2.38. The Morgan fingerprint density at radius 2 is 2.10 bits per heavy atom. The molecular formula is C23H27N5O3. The van der Waals surface area contributed by atoms with E-state index in [9.17, 15) is 9.59 Å². The normalized spacial score (nSPS) is 20.2. The van der Waals surface area contributed by atoms with Crippen LogP contribution in [0.15, 0.2) is 53.9 Å². The van der Waals surface area contributed by atoms with Gasteiger partial charge < -0.3 is 20.4 Å². The van der Waals surface area contributed by atoms with Crippen molar-refractivity contribution in [1.82, 2.24) is 15.2 Å². The Morgan fingerprint density at radius 1 is 1.23 bits per heavy atom. The first-order chi connectivity index (χ1) is 15.1. The number of likely N-dealkylation sites (tertiary alicyclic amines) is 1. The van der Waals surface area contributed by atoms with E-state index in [4.69, 9.17) is 4.84 Å². The van der Waals surface area contributed by atoms with E-state index in [2.05, 4.69) is 27.7 Å². The highest BCUT2D eigenvalue weighted by molar-refractivity contribution is 6.39. The van der Waals surface area contributed by atoms with Crippen molar-refractivity contribution in [3.05, 3.63) is 59.9 Å². The van der Waals surface area contributed by atoms with E-state index in [0.29, 0.717) is 31.8 Å². The molecule has 1 fully saturated rings. The van der Waals surface area contributed by atoms with Gasteiger partial charge in [0.1, 0.15) is 5.71 Å². The quantitative estimate of drug-likeness (QED) is 0.775. The predicted molar refractivity (Wildman–Crippen MR) is 118 cm³/mol. The van der Waals surface area contributed by atoms with Crippen LogP contribution < -0.4 is 10.6 Å². The number of carbonyl (C=O) groups excluding carboxylic acids is 2. The summed E-state index contributed by atoms with van der Waals surface area (Å²) >= 11 is 0. The maximum Gasteiger partial charge on any atom is 0.321 e. The van der Waals surface area contributed by atoms with Gasteiger partial charge in [0, 0.05) is 37.6 Å². The number of anilines is 1. The smallest absolute Gasteiger partial charge is 0.321 e. The number of nitrogens with zero attached hydrogens (tertiary/aromatic N) is 3. The molecule has 4 rings (SSSR count). The zero-order valence-corrected chi connectivity index (χ0v) is 17.6. The lowest BCUT2D eigenvalue weighted by atomic mass is 9.88. The minimum Gasteiger partial charge on any atom is -0.386 e. The number of piperidine rings is 1. The zero-order chi connectivity index (χ0) is 21.7. The highest BCUT2D eigenvalue weighted by atomic mass is 16.7. The van der Waals surface area contributed by atoms with Crippen molar-refractivity contribution >= 4 is 23.3 Å². The molecule has 162 valence electrons. The first-order valence-electron chi connectivity index (χ1n) is 10.6. The molecule has 3 amide bonds. The van der Waals surface area contributed by atoms with Gasteiger partial charge in [0.2, 0.25) is 0 Å². The van der Waals surface area contributed by atoms with Crippen LogP contribution in [0.4, 0.5) is 10.5 Å². The molecule has 1 aromatic heterocycles. The fourth-order valence-corrected chi connectivity index (χ4v) is 3.99. The summed E-state index contributed by atoms with van der Waals surface area (Å²) < 4.78 is 0. The van der Waals surface area contributed by atoms with Crippen molar-refractivity contribution in [2.24, 2.45) is 5.16 Å². The van der Waals surface area contributed by atoms with Gasteiger partial charge >= 0.3 is 6.03 Å². The summed E-state index contributed by atoms with van der Waals surface area (Å²) in [6.45, 7) is 3.50. The number of hydrogen-bond acceptors (Lipinski definition) is 5. The SMILES string of the molecule is CCc1cccc(NC(=O)N2CCC[C@@]3(CC(C(=O)NCc4cccnc4)=NO3)C2)c1. The van der Waals surface area contributed by atoms with E-state index in [1.807, 2.05) is 36.4 Å². The molecule has 0 radical (unpaired) electrons. The maximum absolute atomic E-state index is 12.8. The van der Waals surface area contributed by atoms with Gasteiger partial charge in [-0.2, -0.15) is 0 Å². The number of pyridine rings is 1. The van der Waals surface area contributed by atoms with Crippen LogP contribution in [0.3, 0.4) is 0 Å². The molecule has 31 heavy (non-hydrogen) atoms. The standard InChI is InChI=1S/C23H27N5O3/c1-2-17-6-3-8-19(12-17)26-22(30)28-11-5-9-23(16-28)13-20(27-31-23)21(29)25-15-18-7-4-10-24-14-18/h3-4,6-8,10,12,14H,2,5,9,11,13,15-16H2,1H3,(H,25,29)(H,26,30)/t23-/m1/s1. The molecule has 2 aliphatic rings. The summed E-state index contributed by atoms with van der Waals surface area (Å²) in [7, 11) is 0. The molecule has 0 saturated carbocycles. The van der Waals surface area contributed by atoms with E-state index in [1.54, 1.807) is 17.3 Å². The molecule has 2 aliphatic heterocycles. The molecule has 2 N–H and O–H groups in total. The lowest BCUT2D eigenvalue weighted by Crippen LogP contribution is -2.52. The summed E-state index contributed by atoms with van der Waals surface area (Å²) in [6, 6.07) is 11.4. The molecular weight excluding hydrogens is 394 g/mol. The van der Waals surface area contributed by atoms with Crippen molar-refractivity contribution in [3.8, 4) is 0 Å². The highest BCUT2D eigenvalue weighted by Gasteiger charge is 2.45. The monoisotopic (exact) mass is 421 g/mol. The number of oxime groups is 1. The highest BCUT2D eigenvalue weighted by Crippen LogP contribution is 2.33. The van der Waals surface area contributed by atoms with E-state index in [-0.39, 0.29) is 11.9 Å². The summed E-state index contributed by atoms with van der Waals surface area (Å²) in [5.41, 5.74) is 2.59. The lowest BCUT2D eigenvalue weighted by molar-refractivity contribution is -0.115. The molecule has 0 aliphatic carbocycles. The maximum atomic E-state index is 12.8. The Balaban J connectivity index is 1.32. The van der Waals surface area contributed by atoms with Gasteiger partial charge in [-0.1, -0.05) is 30.3 Å². The molecule has 1 atom stereocenters. The summed E-state index contributed by atoms with van der Waals surface area (Å²) in [5.74, 6) is -0.251. The van der Waals surface area contributed by atoms with Gasteiger partial charge in [0.05, 0.1) is 6.54 Å². The van der Waals surface area contributed by atoms with E-state index < -0.39 is 5.60 Å². The van der Waals surface area contributed by atoms with Crippen LogP contribution in [0.25, 0.3) is 0 Å². The number of amides is 3. The number of benzene rings is 1. The molecule has 8 heteroatoms. The van der Waals surface area contributed by atoms with Crippen LogP contribution in [0.2, 0.25) is 0 Å². The summed E-state index contributed by atoms with van der Waals surface area (Å²) in [5, 5.41) is 9.89. The summed E-state index contributed by atoms with van der Waals surface area (Å²) in [6.07, 6.45) is 6.25. The molecule has 0 unspecified atom stereocenters. The molecule has 1 saturated heterocycles. The van der Waals surface area contributed by atoms with E-state index in [0.717, 1.165) is 30.5 Å². The number of nitrogens with one attached hydrogen (secondary N) is 2. The number of carbonyl (C=O) groups is 2. The third-order valence-electron chi connectivity index (χ3n) is 5.69. The largest absolute Gasteiger partial charge is 0.386 e. The Labute approximate surface area is 181 Å². The Kier molecular flexibility index (Phi) is 6.16. The minimum absolute atomic E-state index is 0.162. The van der Waals surface area contributed by atoms with Crippen molar-refractivity contribution in [1.29, 1.82) is 0 Å². The molecule has 1 aromatic carbocycles. The van der Waals surface area contributed by atoms with Crippen LogP contribution in [0.5, 0.6) is 0 Å². The fraction of sp³-hybridized carbons (Fsp3) is 0.391. The molecule has 8 nitrogen and oxygen atoms in total. The van der Waals surface area contributed by atoms with E-state index in [1.165, 1.54) is 5.56 Å². The minimum atomic E-state index is -0.637. The number of hydrogen-bond donors (Lipinski definition) is 2. The van der Waals surface area contributed by atoms with Crippen LogP contribution in [0, 0.1) is 0 Å². The second-order valence-corrected chi connectivity index (χ2v) is 8.04. The van der Waals surface area contributed by atoms with E-state index >= 15 is 0 Å². The van der Waals surface area contributed by atoms with Crippen molar-refractivity contribution in [2.75, 3.05) is 18.4 Å². The van der Waals surface area contributed by atoms with Gasteiger partial charge in [-0.3, -0.25) is 9.78 Å². The van der Waals surface area contributed by atoms with Crippen LogP contribution >= 0.6 is 0 Å². The van der Waals surface area contributed by atoms with Gasteiger partial charge in [0.15, 0.2) is 5.60 Å². The van der Waals surface area contributed by atoms with Gasteiger partial charge in [-0.05, 0) is 48.6 Å². The third kappa shape index (κ3) is 5.02. The van der Waals surface area contributed by atoms with Crippen molar-refractivity contribution in [3.63, 3.8) is 0 Å².